The molecule has 4 nitrogen and oxygen atoms in total. The smallest absolute Gasteiger partial charge is 0.214 e. The molecule has 1 aliphatic heterocycles. The molecule has 0 bridgehead atoms. The maximum Gasteiger partial charge on any atom is 0.214 e. The number of hydrogen-bond acceptors (Lipinski definition) is 4. The highest BCUT2D eigenvalue weighted by Gasteiger charge is 2.44. The number of phenols is 1. The third-order valence-corrected chi connectivity index (χ3v) is 5.21. The standard InChI is InChI=1S/C19H26N2O2/c1-18(2)11-15(12-19(3,4)21(18)5)23-17-9-6-13-10-14(22)7-8-16(13)20-17/h6-10,15,22H,11-12H2,1-5H3. The van der Waals surface area contributed by atoms with Gasteiger partial charge < -0.3 is 9.84 Å². The molecule has 1 N–H and O–H groups in total. The highest BCUT2D eigenvalue weighted by atomic mass is 16.5. The Hall–Kier alpha value is -1.81. The first kappa shape index (κ1) is 16.1. The number of aromatic hydroxyl groups is 1. The summed E-state index contributed by atoms with van der Waals surface area (Å²) in [4.78, 5) is 7.02. The number of phenolic OH excluding ortho intramolecular Hbond substituents is 1. The van der Waals surface area contributed by atoms with Gasteiger partial charge in [-0.15, -0.1) is 0 Å². The Morgan fingerprint density at radius 3 is 2.39 bits per heavy atom. The largest absolute Gasteiger partial charge is 0.508 e. The molecular formula is C19H26N2O2. The van der Waals surface area contributed by atoms with Gasteiger partial charge in [-0.25, -0.2) is 4.98 Å². The second-order valence-corrected chi connectivity index (χ2v) is 7.86. The van der Waals surface area contributed by atoms with E-state index in [0.717, 1.165) is 23.7 Å². The predicted molar refractivity (Wildman–Crippen MR) is 93.0 cm³/mol. The Labute approximate surface area is 138 Å². The molecule has 124 valence electrons. The number of ether oxygens (including phenoxy) is 1. The van der Waals surface area contributed by atoms with Crippen molar-refractivity contribution in [3.05, 3.63) is 30.3 Å². The van der Waals surface area contributed by atoms with Crippen LogP contribution in [-0.2, 0) is 0 Å². The third-order valence-electron chi connectivity index (χ3n) is 5.21. The molecule has 1 saturated heterocycles. The summed E-state index contributed by atoms with van der Waals surface area (Å²) < 4.78 is 6.21. The van der Waals surface area contributed by atoms with E-state index in [1.54, 1.807) is 12.1 Å². The first-order valence-electron chi connectivity index (χ1n) is 8.18. The normalized spacial score (nSPS) is 21.4. The molecule has 4 heteroatoms. The van der Waals surface area contributed by atoms with E-state index < -0.39 is 0 Å². The maximum atomic E-state index is 9.54. The minimum absolute atomic E-state index is 0.0923. The second-order valence-electron chi connectivity index (χ2n) is 7.86. The van der Waals surface area contributed by atoms with Crippen molar-refractivity contribution >= 4 is 10.9 Å². The molecule has 0 aliphatic carbocycles. The molecule has 23 heavy (non-hydrogen) atoms. The van der Waals surface area contributed by atoms with Gasteiger partial charge in [0.25, 0.3) is 0 Å². The lowest BCUT2D eigenvalue weighted by molar-refractivity contribution is -0.0566. The minimum atomic E-state index is 0.0923. The molecule has 0 unspecified atom stereocenters. The van der Waals surface area contributed by atoms with E-state index in [0.29, 0.717) is 5.88 Å². The summed E-state index contributed by atoms with van der Waals surface area (Å²) in [6, 6.07) is 9.03. The summed E-state index contributed by atoms with van der Waals surface area (Å²) in [7, 11) is 2.19. The monoisotopic (exact) mass is 314 g/mol. The zero-order valence-electron chi connectivity index (χ0n) is 14.6. The molecule has 1 aromatic carbocycles. The molecule has 0 radical (unpaired) electrons. The molecular weight excluding hydrogens is 288 g/mol. The lowest BCUT2D eigenvalue weighted by Gasteiger charge is -2.53. The third kappa shape index (κ3) is 3.13. The number of hydrogen-bond donors (Lipinski definition) is 1. The number of likely N-dealkylation sites (tertiary alicyclic amines) is 1. The van der Waals surface area contributed by atoms with Crippen LogP contribution in [0.1, 0.15) is 40.5 Å². The molecule has 2 heterocycles. The van der Waals surface area contributed by atoms with Crippen molar-refractivity contribution in [1.29, 1.82) is 0 Å². The number of benzene rings is 1. The molecule has 0 atom stereocenters. The molecule has 2 aromatic rings. The Balaban J connectivity index is 1.83. The SMILES string of the molecule is CN1C(C)(C)CC(Oc2ccc3cc(O)ccc3n2)CC1(C)C. The van der Waals surface area contributed by atoms with E-state index in [1.807, 2.05) is 18.2 Å². The Morgan fingerprint density at radius 1 is 1.09 bits per heavy atom. The number of pyridine rings is 1. The van der Waals surface area contributed by atoms with E-state index in [2.05, 4.69) is 44.6 Å². The van der Waals surface area contributed by atoms with Gasteiger partial charge >= 0.3 is 0 Å². The van der Waals surface area contributed by atoms with Crippen LogP contribution in [-0.4, -0.2) is 39.2 Å². The fourth-order valence-corrected chi connectivity index (χ4v) is 3.69. The molecule has 1 aromatic heterocycles. The summed E-state index contributed by atoms with van der Waals surface area (Å²) in [6.45, 7) is 9.06. The number of piperidine rings is 1. The van der Waals surface area contributed by atoms with Gasteiger partial charge in [-0.1, -0.05) is 0 Å². The Bertz CT molecular complexity index is 706. The van der Waals surface area contributed by atoms with Crippen molar-refractivity contribution < 1.29 is 9.84 Å². The first-order valence-corrected chi connectivity index (χ1v) is 8.18. The second kappa shape index (κ2) is 5.38. The number of aromatic nitrogens is 1. The highest BCUT2D eigenvalue weighted by Crippen LogP contribution is 2.38. The van der Waals surface area contributed by atoms with Gasteiger partial charge in [-0.2, -0.15) is 0 Å². The molecule has 1 fully saturated rings. The summed E-state index contributed by atoms with van der Waals surface area (Å²) >= 11 is 0. The van der Waals surface area contributed by atoms with Crippen molar-refractivity contribution in [3.63, 3.8) is 0 Å². The van der Waals surface area contributed by atoms with Crippen molar-refractivity contribution in [2.45, 2.75) is 57.7 Å². The van der Waals surface area contributed by atoms with E-state index in [9.17, 15) is 5.11 Å². The zero-order chi connectivity index (χ0) is 16.8. The van der Waals surface area contributed by atoms with Crippen LogP contribution < -0.4 is 4.74 Å². The number of fused-ring (bicyclic) bond motifs is 1. The van der Waals surface area contributed by atoms with E-state index in [1.165, 1.54) is 0 Å². The van der Waals surface area contributed by atoms with Gasteiger partial charge in [0.2, 0.25) is 5.88 Å². The lowest BCUT2D eigenvalue weighted by Crippen LogP contribution is -2.60. The Morgan fingerprint density at radius 2 is 1.74 bits per heavy atom. The summed E-state index contributed by atoms with van der Waals surface area (Å²) in [5.74, 6) is 0.913. The first-order chi connectivity index (χ1) is 10.7. The fourth-order valence-electron chi connectivity index (χ4n) is 3.69. The van der Waals surface area contributed by atoms with Crippen molar-refractivity contribution in [3.8, 4) is 11.6 Å². The molecule has 3 rings (SSSR count). The van der Waals surface area contributed by atoms with Crippen LogP contribution in [0.2, 0.25) is 0 Å². The molecule has 1 aliphatic rings. The molecule has 0 spiro atoms. The van der Waals surface area contributed by atoms with Crippen LogP contribution in [0.15, 0.2) is 30.3 Å². The fraction of sp³-hybridized carbons (Fsp3) is 0.526. The topological polar surface area (TPSA) is 45.6 Å². The number of nitrogens with zero attached hydrogens (tertiary/aromatic N) is 2. The number of rotatable bonds is 2. The van der Waals surface area contributed by atoms with Crippen LogP contribution in [0.4, 0.5) is 0 Å². The highest BCUT2D eigenvalue weighted by molar-refractivity contribution is 5.80. The average molecular weight is 314 g/mol. The van der Waals surface area contributed by atoms with Gasteiger partial charge in [0.1, 0.15) is 11.9 Å². The van der Waals surface area contributed by atoms with Crippen LogP contribution in [0.5, 0.6) is 11.6 Å². The average Bonchev–Trinajstić information content (AvgIpc) is 2.44. The zero-order valence-corrected chi connectivity index (χ0v) is 14.6. The van der Waals surface area contributed by atoms with E-state index in [-0.39, 0.29) is 22.9 Å². The van der Waals surface area contributed by atoms with Crippen LogP contribution in [0.3, 0.4) is 0 Å². The van der Waals surface area contributed by atoms with E-state index in [4.69, 9.17) is 4.74 Å². The summed E-state index contributed by atoms with van der Waals surface area (Å²) in [5, 5.41) is 10.5. The van der Waals surface area contributed by atoms with Crippen LogP contribution in [0.25, 0.3) is 10.9 Å². The lowest BCUT2D eigenvalue weighted by atomic mass is 9.79. The van der Waals surface area contributed by atoms with Crippen molar-refractivity contribution in [1.82, 2.24) is 9.88 Å². The molecule has 0 amide bonds. The van der Waals surface area contributed by atoms with Crippen LogP contribution >= 0.6 is 0 Å². The van der Waals surface area contributed by atoms with Crippen LogP contribution in [0, 0.1) is 0 Å². The van der Waals surface area contributed by atoms with Crippen molar-refractivity contribution in [2.24, 2.45) is 0 Å². The molecule has 0 saturated carbocycles. The van der Waals surface area contributed by atoms with Gasteiger partial charge in [0, 0.05) is 35.4 Å². The predicted octanol–water partition coefficient (Wildman–Crippen LogP) is 3.97. The van der Waals surface area contributed by atoms with E-state index >= 15 is 0 Å². The minimum Gasteiger partial charge on any atom is -0.508 e. The van der Waals surface area contributed by atoms with Crippen molar-refractivity contribution in [2.75, 3.05) is 7.05 Å². The summed E-state index contributed by atoms with van der Waals surface area (Å²) in [5.41, 5.74) is 1.02. The maximum absolute atomic E-state index is 9.54. The van der Waals surface area contributed by atoms with Gasteiger partial charge in [-0.3, -0.25) is 4.90 Å². The summed E-state index contributed by atoms with van der Waals surface area (Å²) in [6.07, 6.45) is 2.10. The quantitative estimate of drug-likeness (QED) is 0.911. The Kier molecular flexibility index (Phi) is 3.75. The van der Waals surface area contributed by atoms with Gasteiger partial charge in [-0.05, 0) is 59.0 Å². The van der Waals surface area contributed by atoms with Gasteiger partial charge in [0.15, 0.2) is 0 Å². The van der Waals surface area contributed by atoms with Gasteiger partial charge in [0.05, 0.1) is 5.52 Å².